The minimum atomic E-state index is -3.71. The number of nitrogens with zero attached hydrogens (tertiary/aromatic N) is 2. The molecular weight excluding hydrogens is 424 g/mol. The average molecular weight is 443 g/mol. The lowest BCUT2D eigenvalue weighted by molar-refractivity contribution is 0.355. The Balaban J connectivity index is 1.84. The lowest BCUT2D eigenvalue weighted by Crippen LogP contribution is -2.14. The number of aromatic nitrogens is 2. The number of methoxy groups -OCH3 is 2. The molecule has 0 saturated carbocycles. The van der Waals surface area contributed by atoms with E-state index in [1.54, 1.807) is 63.0 Å². The smallest absolute Gasteiger partial charge is 0.244 e. The number of ether oxygens (including phenoxy) is 2. The number of hydrogen-bond acceptors (Lipinski definition) is 5. The van der Waals surface area contributed by atoms with E-state index in [9.17, 15) is 8.42 Å². The van der Waals surface area contributed by atoms with Crippen molar-refractivity contribution in [3.05, 3.63) is 77.6 Å². The highest BCUT2D eigenvalue weighted by Crippen LogP contribution is 2.36. The van der Waals surface area contributed by atoms with Gasteiger partial charge >= 0.3 is 0 Å². The van der Waals surface area contributed by atoms with Gasteiger partial charge in [-0.3, -0.25) is 0 Å². The standard InChI is InChI=1S/C22H19ClN2O4S/c1-28-20-10-7-16(12-21(20)29-2)19-13-25(22-18(19)4-3-11-24-22)30(26,27)14-15-5-8-17(23)9-6-15/h3-13H,14H2,1-2H3. The van der Waals surface area contributed by atoms with Crippen molar-refractivity contribution in [1.82, 2.24) is 8.96 Å². The summed E-state index contributed by atoms with van der Waals surface area (Å²) in [5, 5.41) is 1.28. The van der Waals surface area contributed by atoms with Gasteiger partial charge in [-0.2, -0.15) is 0 Å². The maximum atomic E-state index is 13.2. The first-order chi connectivity index (χ1) is 14.4. The molecule has 0 saturated heterocycles. The molecule has 0 N–H and O–H groups in total. The van der Waals surface area contributed by atoms with Gasteiger partial charge < -0.3 is 9.47 Å². The number of hydrogen-bond donors (Lipinski definition) is 0. The molecule has 6 nitrogen and oxygen atoms in total. The van der Waals surface area contributed by atoms with E-state index in [4.69, 9.17) is 21.1 Å². The molecule has 0 aliphatic carbocycles. The van der Waals surface area contributed by atoms with Gasteiger partial charge in [0.1, 0.15) is 0 Å². The van der Waals surface area contributed by atoms with Crippen molar-refractivity contribution >= 4 is 32.7 Å². The number of pyridine rings is 1. The molecule has 0 aliphatic heterocycles. The monoisotopic (exact) mass is 442 g/mol. The molecule has 0 fully saturated rings. The molecule has 0 bridgehead atoms. The van der Waals surface area contributed by atoms with Crippen LogP contribution in [0.15, 0.2) is 67.0 Å². The minimum absolute atomic E-state index is 0.171. The molecule has 30 heavy (non-hydrogen) atoms. The number of fused-ring (bicyclic) bond motifs is 1. The van der Waals surface area contributed by atoms with E-state index in [1.165, 1.54) is 3.97 Å². The highest BCUT2D eigenvalue weighted by atomic mass is 35.5. The first-order valence-electron chi connectivity index (χ1n) is 9.09. The van der Waals surface area contributed by atoms with Crippen LogP contribution < -0.4 is 9.47 Å². The molecule has 0 spiro atoms. The van der Waals surface area contributed by atoms with E-state index < -0.39 is 10.0 Å². The van der Waals surface area contributed by atoms with Crippen LogP contribution in [-0.2, 0) is 15.8 Å². The van der Waals surface area contributed by atoms with Gasteiger partial charge in [0.15, 0.2) is 17.1 Å². The van der Waals surface area contributed by atoms with Crippen LogP contribution in [0.1, 0.15) is 5.56 Å². The molecule has 0 unspecified atom stereocenters. The zero-order valence-electron chi connectivity index (χ0n) is 16.4. The Morgan fingerprint density at radius 2 is 1.73 bits per heavy atom. The van der Waals surface area contributed by atoms with Gasteiger partial charge in [0.2, 0.25) is 10.0 Å². The molecule has 154 valence electrons. The first-order valence-corrected chi connectivity index (χ1v) is 11.1. The summed E-state index contributed by atoms with van der Waals surface area (Å²) in [4.78, 5) is 4.33. The maximum absolute atomic E-state index is 13.2. The van der Waals surface area contributed by atoms with Crippen molar-refractivity contribution < 1.29 is 17.9 Å². The fraction of sp³-hybridized carbons (Fsp3) is 0.136. The van der Waals surface area contributed by atoms with Gasteiger partial charge in [-0.1, -0.05) is 29.8 Å². The zero-order valence-corrected chi connectivity index (χ0v) is 17.9. The molecule has 0 radical (unpaired) electrons. The Hall–Kier alpha value is -3.03. The Bertz CT molecular complexity index is 1310. The maximum Gasteiger partial charge on any atom is 0.244 e. The van der Waals surface area contributed by atoms with E-state index in [2.05, 4.69) is 4.98 Å². The average Bonchev–Trinajstić information content (AvgIpc) is 3.15. The van der Waals surface area contributed by atoms with Gasteiger partial charge in [-0.05, 0) is 47.5 Å². The summed E-state index contributed by atoms with van der Waals surface area (Å²) in [6.07, 6.45) is 3.18. The topological polar surface area (TPSA) is 70.4 Å². The summed E-state index contributed by atoms with van der Waals surface area (Å²) >= 11 is 5.91. The molecule has 0 atom stereocenters. The molecule has 8 heteroatoms. The van der Waals surface area contributed by atoms with Gasteiger partial charge in [0.05, 0.1) is 20.0 Å². The van der Waals surface area contributed by atoms with E-state index in [0.29, 0.717) is 27.7 Å². The Morgan fingerprint density at radius 1 is 1.00 bits per heavy atom. The molecule has 2 aromatic carbocycles. The van der Waals surface area contributed by atoms with Gasteiger partial charge in [-0.15, -0.1) is 0 Å². The molecule has 0 aliphatic rings. The van der Waals surface area contributed by atoms with Crippen LogP contribution in [0.5, 0.6) is 11.5 Å². The molecular formula is C22H19ClN2O4S. The molecule has 2 aromatic heterocycles. The SMILES string of the molecule is COc1ccc(-c2cn(S(=O)(=O)Cc3ccc(Cl)cc3)c3ncccc23)cc1OC. The highest BCUT2D eigenvalue weighted by Gasteiger charge is 2.21. The van der Waals surface area contributed by atoms with Crippen LogP contribution in [0.25, 0.3) is 22.2 Å². The summed E-state index contributed by atoms with van der Waals surface area (Å²) in [5.41, 5.74) is 2.55. The van der Waals surface area contributed by atoms with Crippen molar-refractivity contribution in [2.75, 3.05) is 14.2 Å². The summed E-state index contributed by atoms with van der Waals surface area (Å²) < 4.78 is 38.4. The van der Waals surface area contributed by atoms with Crippen LogP contribution in [0.4, 0.5) is 0 Å². The number of halogens is 1. The molecule has 4 rings (SSSR count). The largest absolute Gasteiger partial charge is 0.493 e. The summed E-state index contributed by atoms with van der Waals surface area (Å²) in [6, 6.07) is 15.8. The minimum Gasteiger partial charge on any atom is -0.493 e. The fourth-order valence-corrected chi connectivity index (χ4v) is 4.89. The fourth-order valence-electron chi connectivity index (χ4n) is 3.34. The molecule has 4 aromatic rings. The second-order valence-corrected chi connectivity index (χ2v) is 8.95. The summed E-state index contributed by atoms with van der Waals surface area (Å²) in [5.74, 6) is 0.984. The van der Waals surface area contributed by atoms with Crippen LogP contribution >= 0.6 is 11.6 Å². The quantitative estimate of drug-likeness (QED) is 0.431. The van der Waals surface area contributed by atoms with Crippen molar-refractivity contribution in [1.29, 1.82) is 0 Å². The number of benzene rings is 2. The third-order valence-corrected chi connectivity index (χ3v) is 6.62. The summed E-state index contributed by atoms with van der Waals surface area (Å²) in [7, 11) is -0.589. The van der Waals surface area contributed by atoms with Crippen LogP contribution in [-0.4, -0.2) is 31.6 Å². The molecule has 2 heterocycles. The van der Waals surface area contributed by atoms with Crippen molar-refractivity contribution in [3.63, 3.8) is 0 Å². The van der Waals surface area contributed by atoms with Crippen molar-refractivity contribution in [3.8, 4) is 22.6 Å². The van der Waals surface area contributed by atoms with E-state index in [-0.39, 0.29) is 5.75 Å². The summed E-state index contributed by atoms with van der Waals surface area (Å²) in [6.45, 7) is 0. The predicted octanol–water partition coefficient (Wildman–Crippen LogP) is 4.75. The Labute approximate surface area is 179 Å². The predicted molar refractivity (Wildman–Crippen MR) is 118 cm³/mol. The second-order valence-electron chi connectivity index (χ2n) is 6.67. The van der Waals surface area contributed by atoms with Gasteiger partial charge in [-0.25, -0.2) is 17.4 Å². The molecule has 0 amide bonds. The highest BCUT2D eigenvalue weighted by molar-refractivity contribution is 7.89. The van der Waals surface area contributed by atoms with Crippen LogP contribution in [0, 0.1) is 0 Å². The van der Waals surface area contributed by atoms with E-state index in [0.717, 1.165) is 16.5 Å². The Morgan fingerprint density at radius 3 is 2.43 bits per heavy atom. The van der Waals surface area contributed by atoms with Crippen molar-refractivity contribution in [2.45, 2.75) is 5.75 Å². The van der Waals surface area contributed by atoms with Crippen molar-refractivity contribution in [2.24, 2.45) is 0 Å². The lowest BCUT2D eigenvalue weighted by Gasteiger charge is -2.09. The van der Waals surface area contributed by atoms with Gasteiger partial charge in [0.25, 0.3) is 0 Å². The number of rotatable bonds is 6. The van der Waals surface area contributed by atoms with Crippen LogP contribution in [0.3, 0.4) is 0 Å². The zero-order chi connectivity index (χ0) is 21.3. The lowest BCUT2D eigenvalue weighted by atomic mass is 10.1. The first kappa shape index (κ1) is 20.3. The normalized spacial score (nSPS) is 11.6. The third kappa shape index (κ3) is 3.74. The third-order valence-electron chi connectivity index (χ3n) is 4.79. The van der Waals surface area contributed by atoms with E-state index >= 15 is 0 Å². The Kier molecular flexibility index (Phi) is 5.40. The second kappa shape index (κ2) is 8.01. The van der Waals surface area contributed by atoms with Crippen LogP contribution in [0.2, 0.25) is 5.02 Å². The van der Waals surface area contributed by atoms with Gasteiger partial charge in [0, 0.05) is 28.4 Å². The van der Waals surface area contributed by atoms with E-state index in [1.807, 2.05) is 18.2 Å².